The summed E-state index contributed by atoms with van der Waals surface area (Å²) in [7, 11) is 0. The molecule has 0 radical (unpaired) electrons. The highest BCUT2D eigenvalue weighted by Crippen LogP contribution is 2.21. The molecule has 1 heterocycles. The van der Waals surface area contributed by atoms with E-state index in [0.29, 0.717) is 0 Å². The van der Waals surface area contributed by atoms with Gasteiger partial charge in [0.15, 0.2) is 0 Å². The van der Waals surface area contributed by atoms with Gasteiger partial charge in [0, 0.05) is 23.3 Å². The lowest BCUT2D eigenvalue weighted by molar-refractivity contribution is 0.626. The number of nitrogens with zero attached hydrogens (tertiary/aromatic N) is 1. The van der Waals surface area contributed by atoms with Crippen LogP contribution in [0.1, 0.15) is 24.9 Å². The van der Waals surface area contributed by atoms with Gasteiger partial charge in [0.25, 0.3) is 0 Å². The van der Waals surface area contributed by atoms with E-state index >= 15 is 0 Å². The number of rotatable bonds is 7. The zero-order valence-corrected chi connectivity index (χ0v) is 11.8. The van der Waals surface area contributed by atoms with Gasteiger partial charge in [0.1, 0.15) is 11.6 Å². The Morgan fingerprint density at radius 1 is 1.32 bits per heavy atom. The third-order valence-electron chi connectivity index (χ3n) is 2.61. The molecule has 102 valence electrons. The Balaban J connectivity index is 1.81. The summed E-state index contributed by atoms with van der Waals surface area (Å²) in [6.07, 6.45) is 2.99. The number of hydrogen-bond donors (Lipinski definition) is 2. The van der Waals surface area contributed by atoms with Crippen molar-refractivity contribution >= 4 is 11.8 Å². The lowest BCUT2D eigenvalue weighted by Gasteiger charge is -2.00. The maximum Gasteiger partial charge on any atom is 0.123 e. The van der Waals surface area contributed by atoms with Crippen LogP contribution in [0.5, 0.6) is 0 Å². The van der Waals surface area contributed by atoms with Crippen LogP contribution in [0.2, 0.25) is 0 Å². The molecule has 0 amide bonds. The van der Waals surface area contributed by atoms with E-state index in [1.807, 2.05) is 6.20 Å². The first-order chi connectivity index (χ1) is 9.28. The average molecular weight is 279 g/mol. The van der Waals surface area contributed by atoms with E-state index in [4.69, 9.17) is 0 Å². The monoisotopic (exact) mass is 279 g/mol. The first kappa shape index (κ1) is 14.1. The van der Waals surface area contributed by atoms with Crippen molar-refractivity contribution in [3.8, 4) is 0 Å². The van der Waals surface area contributed by atoms with E-state index in [9.17, 15) is 4.39 Å². The van der Waals surface area contributed by atoms with Crippen molar-refractivity contribution in [1.29, 1.82) is 0 Å². The van der Waals surface area contributed by atoms with E-state index < -0.39 is 0 Å². The Bertz CT molecular complexity index is 496. The fraction of sp³-hybridized carbons (Fsp3) is 0.357. The summed E-state index contributed by atoms with van der Waals surface area (Å²) < 4.78 is 12.8. The van der Waals surface area contributed by atoms with Gasteiger partial charge >= 0.3 is 0 Å². The van der Waals surface area contributed by atoms with Crippen molar-refractivity contribution in [3.63, 3.8) is 0 Å². The van der Waals surface area contributed by atoms with Crippen molar-refractivity contribution < 1.29 is 4.39 Å². The lowest BCUT2D eigenvalue weighted by atomic mass is 10.4. The number of imidazole rings is 1. The number of thioether (sulfide) groups is 1. The van der Waals surface area contributed by atoms with Gasteiger partial charge in [0.05, 0.1) is 5.75 Å². The molecule has 1 aromatic heterocycles. The van der Waals surface area contributed by atoms with Crippen molar-refractivity contribution in [2.75, 3.05) is 6.54 Å². The molecule has 2 rings (SSSR count). The molecule has 0 unspecified atom stereocenters. The maximum absolute atomic E-state index is 12.8. The third-order valence-corrected chi connectivity index (χ3v) is 3.64. The predicted octanol–water partition coefficient (Wildman–Crippen LogP) is 3.34. The van der Waals surface area contributed by atoms with E-state index in [1.54, 1.807) is 23.9 Å². The van der Waals surface area contributed by atoms with Crippen LogP contribution in [-0.4, -0.2) is 16.5 Å². The van der Waals surface area contributed by atoms with Gasteiger partial charge in [-0.3, -0.25) is 0 Å². The molecule has 0 fully saturated rings. The molecule has 1 aromatic carbocycles. The molecule has 0 aliphatic heterocycles. The Morgan fingerprint density at radius 3 is 2.84 bits per heavy atom. The molecule has 0 spiro atoms. The summed E-state index contributed by atoms with van der Waals surface area (Å²) in [5, 5.41) is 3.32. The third kappa shape index (κ3) is 4.69. The van der Waals surface area contributed by atoms with Gasteiger partial charge < -0.3 is 10.3 Å². The highest BCUT2D eigenvalue weighted by atomic mass is 32.2. The van der Waals surface area contributed by atoms with Gasteiger partial charge in [-0.05, 0) is 37.2 Å². The summed E-state index contributed by atoms with van der Waals surface area (Å²) >= 11 is 1.64. The van der Waals surface area contributed by atoms with Crippen LogP contribution in [0.3, 0.4) is 0 Å². The number of aromatic nitrogens is 2. The van der Waals surface area contributed by atoms with Crippen LogP contribution >= 0.6 is 11.8 Å². The summed E-state index contributed by atoms with van der Waals surface area (Å²) in [5.41, 5.74) is 1.10. The maximum atomic E-state index is 12.8. The fourth-order valence-corrected chi connectivity index (χ4v) is 2.43. The van der Waals surface area contributed by atoms with Crippen molar-refractivity contribution in [3.05, 3.63) is 47.8 Å². The molecule has 0 saturated heterocycles. The average Bonchev–Trinajstić information content (AvgIpc) is 2.86. The van der Waals surface area contributed by atoms with Crippen molar-refractivity contribution in [2.45, 2.75) is 30.5 Å². The van der Waals surface area contributed by atoms with Crippen LogP contribution in [-0.2, 0) is 12.3 Å². The second-order valence-corrected chi connectivity index (χ2v) is 5.32. The molecular formula is C14H18FN3S. The molecule has 2 N–H and O–H groups in total. The summed E-state index contributed by atoms with van der Waals surface area (Å²) in [4.78, 5) is 8.67. The smallest absolute Gasteiger partial charge is 0.123 e. The Kier molecular flexibility index (Phi) is 5.42. The van der Waals surface area contributed by atoms with Crippen LogP contribution in [0, 0.1) is 5.82 Å². The van der Waals surface area contributed by atoms with E-state index in [1.165, 1.54) is 12.1 Å². The van der Waals surface area contributed by atoms with Crippen LogP contribution in [0.4, 0.5) is 4.39 Å². The number of hydrogen-bond acceptors (Lipinski definition) is 3. The van der Waals surface area contributed by atoms with Gasteiger partial charge in [-0.25, -0.2) is 9.37 Å². The topological polar surface area (TPSA) is 40.7 Å². The van der Waals surface area contributed by atoms with Gasteiger partial charge in [-0.15, -0.1) is 11.8 Å². The predicted molar refractivity (Wildman–Crippen MR) is 76.5 cm³/mol. The van der Waals surface area contributed by atoms with Crippen LogP contribution < -0.4 is 5.32 Å². The molecule has 0 atom stereocenters. The molecule has 5 heteroatoms. The Labute approximate surface area is 117 Å². The zero-order valence-electron chi connectivity index (χ0n) is 10.9. The largest absolute Gasteiger partial charge is 0.344 e. The van der Waals surface area contributed by atoms with Gasteiger partial charge in [-0.2, -0.15) is 0 Å². The number of nitrogens with one attached hydrogen (secondary N) is 2. The normalized spacial score (nSPS) is 10.8. The van der Waals surface area contributed by atoms with Gasteiger partial charge in [0.2, 0.25) is 0 Å². The first-order valence-electron chi connectivity index (χ1n) is 6.39. The molecule has 0 saturated carbocycles. The summed E-state index contributed by atoms with van der Waals surface area (Å²) in [6.45, 7) is 3.98. The molecule has 3 nitrogen and oxygen atoms in total. The number of benzene rings is 1. The molecule has 0 aliphatic rings. The van der Waals surface area contributed by atoms with Crippen molar-refractivity contribution in [2.24, 2.45) is 0 Å². The highest BCUT2D eigenvalue weighted by molar-refractivity contribution is 7.98. The minimum atomic E-state index is -0.202. The standard InChI is InChI=1S/C14H18FN3S/c1-2-7-16-8-12-9-17-14(18-12)10-19-13-5-3-11(15)4-6-13/h3-6,9,16H,2,7-8,10H2,1H3,(H,17,18). The van der Waals surface area contributed by atoms with E-state index in [0.717, 1.165) is 41.7 Å². The quantitative estimate of drug-likeness (QED) is 0.603. The van der Waals surface area contributed by atoms with E-state index in [-0.39, 0.29) is 5.82 Å². The van der Waals surface area contributed by atoms with Gasteiger partial charge in [-0.1, -0.05) is 6.92 Å². The zero-order chi connectivity index (χ0) is 13.5. The second kappa shape index (κ2) is 7.31. The number of halogens is 1. The van der Waals surface area contributed by atoms with E-state index in [2.05, 4.69) is 22.2 Å². The lowest BCUT2D eigenvalue weighted by Crippen LogP contribution is -2.13. The molecule has 0 aliphatic carbocycles. The van der Waals surface area contributed by atoms with Crippen LogP contribution in [0.15, 0.2) is 35.4 Å². The fourth-order valence-electron chi connectivity index (χ4n) is 1.65. The molecule has 0 bridgehead atoms. The number of aromatic amines is 1. The summed E-state index contributed by atoms with van der Waals surface area (Å²) in [5.74, 6) is 1.51. The Morgan fingerprint density at radius 2 is 2.11 bits per heavy atom. The summed E-state index contributed by atoms with van der Waals surface area (Å²) in [6, 6.07) is 6.52. The second-order valence-electron chi connectivity index (χ2n) is 4.27. The molecule has 2 aromatic rings. The van der Waals surface area contributed by atoms with Crippen LogP contribution in [0.25, 0.3) is 0 Å². The first-order valence-corrected chi connectivity index (χ1v) is 7.38. The minimum absolute atomic E-state index is 0.202. The minimum Gasteiger partial charge on any atom is -0.344 e. The number of H-pyrrole nitrogens is 1. The highest BCUT2D eigenvalue weighted by Gasteiger charge is 2.02. The SMILES string of the molecule is CCCNCc1cnc(CSc2ccc(F)cc2)[nH]1. The molecule has 19 heavy (non-hydrogen) atoms. The Hall–Kier alpha value is -1.33. The van der Waals surface area contributed by atoms with Crippen molar-refractivity contribution in [1.82, 2.24) is 15.3 Å². The molecular weight excluding hydrogens is 261 g/mol.